The molecule has 116 valence electrons. The Morgan fingerprint density at radius 3 is 2.74 bits per heavy atom. The molecule has 0 bridgehead atoms. The maximum absolute atomic E-state index is 10.8. The van der Waals surface area contributed by atoms with Crippen molar-refractivity contribution in [3.05, 3.63) is 71.0 Å². The monoisotopic (exact) mass is 310 g/mol. The van der Waals surface area contributed by atoms with Crippen molar-refractivity contribution in [2.45, 2.75) is 6.54 Å². The molecular weight excluding hydrogens is 296 g/mol. The van der Waals surface area contributed by atoms with Gasteiger partial charge in [0, 0.05) is 17.7 Å². The van der Waals surface area contributed by atoms with Crippen LogP contribution in [0.3, 0.4) is 0 Å². The van der Waals surface area contributed by atoms with Crippen LogP contribution in [0, 0.1) is 10.1 Å². The Morgan fingerprint density at radius 2 is 1.96 bits per heavy atom. The van der Waals surface area contributed by atoms with E-state index in [-0.39, 0.29) is 5.69 Å². The smallest absolute Gasteiger partial charge is 0.270 e. The number of ether oxygens (including phenoxy) is 1. The molecule has 0 aliphatic carbocycles. The molecule has 0 unspecified atom stereocenters. The summed E-state index contributed by atoms with van der Waals surface area (Å²) >= 11 is 0. The van der Waals surface area contributed by atoms with Gasteiger partial charge in [-0.05, 0) is 12.1 Å². The first-order valence-corrected chi connectivity index (χ1v) is 7.04. The summed E-state index contributed by atoms with van der Waals surface area (Å²) in [5, 5.41) is 15.1. The topological polar surface area (TPSA) is 83.1 Å². The van der Waals surface area contributed by atoms with Crippen LogP contribution in [0.4, 0.5) is 5.69 Å². The third kappa shape index (κ3) is 3.70. The van der Waals surface area contributed by atoms with Crippen LogP contribution in [-0.4, -0.2) is 26.3 Å². The summed E-state index contributed by atoms with van der Waals surface area (Å²) in [5.41, 5.74) is 0.633. The highest BCUT2D eigenvalue weighted by atomic mass is 16.6. The third-order valence-electron chi connectivity index (χ3n) is 3.18. The minimum Gasteiger partial charge on any atom is -0.492 e. The van der Waals surface area contributed by atoms with Crippen LogP contribution >= 0.6 is 0 Å². The molecule has 0 aliphatic rings. The number of hydrogen-bond donors (Lipinski definition) is 0. The molecule has 0 N–H and O–H groups in total. The van der Waals surface area contributed by atoms with Crippen molar-refractivity contribution in [3.63, 3.8) is 0 Å². The predicted octanol–water partition coefficient (Wildman–Crippen LogP) is 2.93. The molecule has 0 amide bonds. The predicted molar refractivity (Wildman–Crippen MR) is 84.0 cm³/mol. The van der Waals surface area contributed by atoms with Gasteiger partial charge in [-0.25, -0.2) is 9.67 Å². The zero-order chi connectivity index (χ0) is 16.1. The van der Waals surface area contributed by atoms with E-state index in [9.17, 15) is 10.1 Å². The first kappa shape index (κ1) is 14.7. The number of hydrogen-bond acceptors (Lipinski definition) is 5. The number of rotatable bonds is 6. The van der Waals surface area contributed by atoms with Crippen molar-refractivity contribution in [2.24, 2.45) is 0 Å². The molecule has 0 spiro atoms. The Morgan fingerprint density at radius 1 is 1.13 bits per heavy atom. The molecule has 3 aromatic rings. The SMILES string of the molecule is O=[N+]([O-])c1cccc(-c2ncn(CCOc3ccccc3)n2)c1. The first-order valence-electron chi connectivity index (χ1n) is 7.04. The number of non-ortho nitro benzene ring substituents is 1. The normalized spacial score (nSPS) is 10.4. The highest BCUT2D eigenvalue weighted by Crippen LogP contribution is 2.20. The molecule has 7 heteroatoms. The summed E-state index contributed by atoms with van der Waals surface area (Å²) < 4.78 is 7.25. The maximum atomic E-state index is 10.8. The summed E-state index contributed by atoms with van der Waals surface area (Å²) in [6.45, 7) is 0.999. The number of aromatic nitrogens is 3. The Kier molecular flexibility index (Phi) is 4.28. The van der Waals surface area contributed by atoms with Crippen molar-refractivity contribution in [1.29, 1.82) is 0 Å². The molecule has 0 atom stereocenters. The largest absolute Gasteiger partial charge is 0.492 e. The summed E-state index contributed by atoms with van der Waals surface area (Å²) in [6, 6.07) is 15.8. The highest BCUT2D eigenvalue weighted by molar-refractivity contribution is 5.58. The average molecular weight is 310 g/mol. The van der Waals surface area contributed by atoms with Crippen LogP contribution in [0.25, 0.3) is 11.4 Å². The lowest BCUT2D eigenvalue weighted by atomic mass is 10.2. The van der Waals surface area contributed by atoms with E-state index in [0.29, 0.717) is 24.5 Å². The quantitative estimate of drug-likeness (QED) is 0.516. The van der Waals surface area contributed by atoms with Gasteiger partial charge >= 0.3 is 0 Å². The van der Waals surface area contributed by atoms with E-state index in [1.54, 1.807) is 23.1 Å². The fourth-order valence-electron chi connectivity index (χ4n) is 2.07. The van der Waals surface area contributed by atoms with Gasteiger partial charge in [-0.3, -0.25) is 10.1 Å². The molecule has 0 saturated carbocycles. The molecule has 23 heavy (non-hydrogen) atoms. The number of benzene rings is 2. The number of nitro benzene ring substituents is 1. The average Bonchev–Trinajstić information content (AvgIpc) is 3.05. The maximum Gasteiger partial charge on any atom is 0.270 e. The van der Waals surface area contributed by atoms with Gasteiger partial charge in [0.05, 0.1) is 11.5 Å². The fourth-order valence-corrected chi connectivity index (χ4v) is 2.07. The van der Waals surface area contributed by atoms with E-state index in [1.807, 2.05) is 30.3 Å². The van der Waals surface area contributed by atoms with Gasteiger partial charge in [0.1, 0.15) is 18.7 Å². The second kappa shape index (κ2) is 6.69. The summed E-state index contributed by atoms with van der Waals surface area (Å²) in [6.07, 6.45) is 1.59. The lowest BCUT2D eigenvalue weighted by Gasteiger charge is -2.05. The molecule has 7 nitrogen and oxygen atoms in total. The Hall–Kier alpha value is -3.22. The van der Waals surface area contributed by atoms with E-state index in [4.69, 9.17) is 4.74 Å². The van der Waals surface area contributed by atoms with Crippen LogP contribution in [0.5, 0.6) is 5.75 Å². The molecule has 1 aromatic heterocycles. The Bertz CT molecular complexity index is 802. The van der Waals surface area contributed by atoms with Gasteiger partial charge in [0.15, 0.2) is 5.82 Å². The van der Waals surface area contributed by atoms with Gasteiger partial charge in [-0.2, -0.15) is 5.10 Å². The van der Waals surface area contributed by atoms with Crippen LogP contribution < -0.4 is 4.74 Å². The van der Waals surface area contributed by atoms with Crippen LogP contribution in [-0.2, 0) is 6.54 Å². The van der Waals surface area contributed by atoms with Crippen molar-refractivity contribution < 1.29 is 9.66 Å². The molecule has 1 heterocycles. The molecule has 3 rings (SSSR count). The first-order chi connectivity index (χ1) is 11.2. The van der Waals surface area contributed by atoms with E-state index >= 15 is 0 Å². The third-order valence-corrected chi connectivity index (χ3v) is 3.18. The molecule has 2 aromatic carbocycles. The van der Waals surface area contributed by atoms with E-state index in [1.165, 1.54) is 12.1 Å². The lowest BCUT2D eigenvalue weighted by Crippen LogP contribution is -2.08. The summed E-state index contributed by atoms with van der Waals surface area (Å²) in [4.78, 5) is 14.6. The van der Waals surface area contributed by atoms with Gasteiger partial charge < -0.3 is 4.74 Å². The lowest BCUT2D eigenvalue weighted by molar-refractivity contribution is -0.384. The fraction of sp³-hybridized carbons (Fsp3) is 0.125. The van der Waals surface area contributed by atoms with Crippen LogP contribution in [0.2, 0.25) is 0 Å². The number of para-hydroxylation sites is 1. The van der Waals surface area contributed by atoms with Crippen LogP contribution in [0.15, 0.2) is 60.9 Å². The van der Waals surface area contributed by atoms with Gasteiger partial charge in [-0.15, -0.1) is 0 Å². The second-order valence-electron chi connectivity index (χ2n) is 4.80. The van der Waals surface area contributed by atoms with Crippen molar-refractivity contribution >= 4 is 5.69 Å². The molecule has 0 aliphatic heterocycles. The Labute approximate surface area is 132 Å². The molecule has 0 saturated heterocycles. The van der Waals surface area contributed by atoms with E-state index in [0.717, 1.165) is 5.75 Å². The highest BCUT2D eigenvalue weighted by Gasteiger charge is 2.10. The number of nitrogens with zero attached hydrogens (tertiary/aromatic N) is 4. The molecule has 0 fully saturated rings. The number of nitro groups is 1. The minimum atomic E-state index is -0.436. The zero-order valence-electron chi connectivity index (χ0n) is 12.2. The minimum absolute atomic E-state index is 0.0197. The van der Waals surface area contributed by atoms with Gasteiger partial charge in [0.2, 0.25) is 0 Å². The van der Waals surface area contributed by atoms with E-state index < -0.39 is 4.92 Å². The zero-order valence-corrected chi connectivity index (χ0v) is 12.2. The summed E-state index contributed by atoms with van der Waals surface area (Å²) in [5.74, 6) is 1.25. The van der Waals surface area contributed by atoms with E-state index in [2.05, 4.69) is 10.1 Å². The van der Waals surface area contributed by atoms with Crippen LogP contribution in [0.1, 0.15) is 0 Å². The van der Waals surface area contributed by atoms with Gasteiger partial charge in [0.25, 0.3) is 5.69 Å². The standard InChI is InChI=1S/C16H14N4O3/c21-20(22)14-6-4-5-13(11-14)16-17-12-19(18-16)9-10-23-15-7-2-1-3-8-15/h1-8,11-12H,9-10H2. The Balaban J connectivity index is 1.64. The molecular formula is C16H14N4O3. The second-order valence-corrected chi connectivity index (χ2v) is 4.80. The molecule has 0 radical (unpaired) electrons. The summed E-state index contributed by atoms with van der Waals surface area (Å²) in [7, 11) is 0. The van der Waals surface area contributed by atoms with Crippen molar-refractivity contribution in [3.8, 4) is 17.1 Å². The van der Waals surface area contributed by atoms with Crippen molar-refractivity contribution in [2.75, 3.05) is 6.61 Å². The van der Waals surface area contributed by atoms with Crippen molar-refractivity contribution in [1.82, 2.24) is 14.8 Å². The van der Waals surface area contributed by atoms with Gasteiger partial charge in [-0.1, -0.05) is 30.3 Å².